The van der Waals surface area contributed by atoms with Gasteiger partial charge in [0.2, 0.25) is 0 Å². The Morgan fingerprint density at radius 1 is 1.35 bits per heavy atom. The Labute approximate surface area is 121 Å². The lowest BCUT2D eigenvalue weighted by Gasteiger charge is -2.29. The average molecular weight is 277 g/mol. The van der Waals surface area contributed by atoms with E-state index in [9.17, 15) is 9.18 Å². The number of benzene rings is 1. The Bertz CT molecular complexity index is 452. The second-order valence-electron chi connectivity index (χ2n) is 6.20. The number of ketones is 1. The van der Waals surface area contributed by atoms with Gasteiger partial charge < -0.3 is 0 Å². The Balaban J connectivity index is 2.04. The van der Waals surface area contributed by atoms with Crippen molar-refractivity contribution >= 4 is 5.78 Å². The van der Waals surface area contributed by atoms with E-state index in [2.05, 4.69) is 18.7 Å². The van der Waals surface area contributed by atoms with Crippen LogP contribution in [0.5, 0.6) is 0 Å². The normalized spacial score (nSPS) is 16.2. The van der Waals surface area contributed by atoms with Crippen LogP contribution in [-0.2, 0) is 0 Å². The van der Waals surface area contributed by atoms with Crippen molar-refractivity contribution < 1.29 is 9.18 Å². The molecule has 1 aromatic rings. The highest BCUT2D eigenvalue weighted by molar-refractivity contribution is 5.97. The van der Waals surface area contributed by atoms with Gasteiger partial charge in [0.05, 0.1) is 6.54 Å². The lowest BCUT2D eigenvalue weighted by molar-refractivity contribution is 0.0876. The standard InChI is InChI=1S/C17H24FNO/c1-13(2)11-19(16-8-3-4-9-16)12-17(20)14-6-5-7-15(18)10-14/h5-7,10,13,16H,3-4,8-9,11-12H2,1-2H3. The second kappa shape index (κ2) is 6.98. The van der Waals surface area contributed by atoms with E-state index in [1.165, 1.54) is 37.8 Å². The molecule has 20 heavy (non-hydrogen) atoms. The SMILES string of the molecule is CC(C)CN(CC(=O)c1cccc(F)c1)C1CCCC1. The minimum Gasteiger partial charge on any atom is -0.293 e. The molecule has 3 heteroatoms. The number of Topliss-reactive ketones (excluding diaryl/α,β-unsaturated/α-hetero) is 1. The molecule has 1 saturated carbocycles. The maximum atomic E-state index is 13.2. The van der Waals surface area contributed by atoms with Gasteiger partial charge >= 0.3 is 0 Å². The Morgan fingerprint density at radius 2 is 2.05 bits per heavy atom. The van der Waals surface area contributed by atoms with Gasteiger partial charge in [0.15, 0.2) is 5.78 Å². The molecular weight excluding hydrogens is 253 g/mol. The van der Waals surface area contributed by atoms with E-state index in [4.69, 9.17) is 0 Å². The third-order valence-corrected chi connectivity index (χ3v) is 3.93. The summed E-state index contributed by atoms with van der Waals surface area (Å²) < 4.78 is 13.2. The van der Waals surface area contributed by atoms with Crippen LogP contribution in [0.25, 0.3) is 0 Å². The predicted molar refractivity (Wildman–Crippen MR) is 79.4 cm³/mol. The summed E-state index contributed by atoms with van der Waals surface area (Å²) in [4.78, 5) is 14.6. The van der Waals surface area contributed by atoms with E-state index in [-0.39, 0.29) is 11.6 Å². The molecule has 0 aliphatic heterocycles. The Kier molecular flexibility index (Phi) is 5.30. The third kappa shape index (κ3) is 4.14. The number of carbonyl (C=O) groups is 1. The zero-order valence-corrected chi connectivity index (χ0v) is 12.4. The monoisotopic (exact) mass is 277 g/mol. The fourth-order valence-electron chi connectivity index (χ4n) is 3.02. The average Bonchev–Trinajstić information content (AvgIpc) is 2.91. The number of hydrogen-bond acceptors (Lipinski definition) is 2. The smallest absolute Gasteiger partial charge is 0.176 e. The molecule has 1 aromatic carbocycles. The number of rotatable bonds is 6. The van der Waals surface area contributed by atoms with Crippen molar-refractivity contribution in [3.63, 3.8) is 0 Å². The first-order valence-corrected chi connectivity index (χ1v) is 7.59. The summed E-state index contributed by atoms with van der Waals surface area (Å²) in [5.74, 6) is 0.222. The molecule has 2 rings (SSSR count). The van der Waals surface area contributed by atoms with Crippen LogP contribution in [0.15, 0.2) is 24.3 Å². The van der Waals surface area contributed by atoms with E-state index in [0.717, 1.165) is 6.54 Å². The van der Waals surface area contributed by atoms with Gasteiger partial charge in [-0.15, -0.1) is 0 Å². The van der Waals surface area contributed by atoms with Crippen molar-refractivity contribution in [2.24, 2.45) is 5.92 Å². The molecule has 0 radical (unpaired) electrons. The van der Waals surface area contributed by atoms with E-state index in [1.54, 1.807) is 12.1 Å². The summed E-state index contributed by atoms with van der Waals surface area (Å²) in [5.41, 5.74) is 0.483. The van der Waals surface area contributed by atoms with Crippen LogP contribution < -0.4 is 0 Å². The summed E-state index contributed by atoms with van der Waals surface area (Å²) in [6.07, 6.45) is 4.88. The molecule has 1 aliphatic rings. The van der Waals surface area contributed by atoms with Gasteiger partial charge in [-0.05, 0) is 30.9 Å². The van der Waals surface area contributed by atoms with Gasteiger partial charge in [-0.2, -0.15) is 0 Å². The first kappa shape index (κ1) is 15.2. The molecule has 0 heterocycles. The number of hydrogen-bond donors (Lipinski definition) is 0. The number of carbonyl (C=O) groups excluding carboxylic acids is 1. The van der Waals surface area contributed by atoms with E-state index in [1.807, 2.05) is 0 Å². The molecule has 2 nitrogen and oxygen atoms in total. The molecule has 0 N–H and O–H groups in total. The highest BCUT2D eigenvalue weighted by Gasteiger charge is 2.25. The fourth-order valence-corrected chi connectivity index (χ4v) is 3.02. The van der Waals surface area contributed by atoms with Crippen molar-refractivity contribution in [2.75, 3.05) is 13.1 Å². The van der Waals surface area contributed by atoms with Crippen LogP contribution in [0.2, 0.25) is 0 Å². The molecule has 1 fully saturated rings. The first-order chi connectivity index (χ1) is 9.56. The lowest BCUT2D eigenvalue weighted by Crippen LogP contribution is -2.40. The van der Waals surface area contributed by atoms with E-state index < -0.39 is 0 Å². The zero-order chi connectivity index (χ0) is 14.5. The van der Waals surface area contributed by atoms with Gasteiger partial charge in [0, 0.05) is 18.2 Å². The van der Waals surface area contributed by atoms with Crippen LogP contribution in [0.4, 0.5) is 4.39 Å². The minimum absolute atomic E-state index is 0.0250. The third-order valence-electron chi connectivity index (χ3n) is 3.93. The Hall–Kier alpha value is -1.22. The minimum atomic E-state index is -0.341. The molecule has 0 atom stereocenters. The van der Waals surface area contributed by atoms with Crippen LogP contribution in [0.1, 0.15) is 49.9 Å². The quantitative estimate of drug-likeness (QED) is 0.735. The van der Waals surface area contributed by atoms with Gasteiger partial charge in [-0.1, -0.05) is 38.8 Å². The summed E-state index contributed by atoms with van der Waals surface area (Å²) in [5, 5.41) is 0. The molecule has 0 aromatic heterocycles. The first-order valence-electron chi connectivity index (χ1n) is 7.59. The van der Waals surface area contributed by atoms with Crippen molar-refractivity contribution in [2.45, 2.75) is 45.6 Å². The van der Waals surface area contributed by atoms with Crippen molar-refractivity contribution in [3.05, 3.63) is 35.6 Å². The zero-order valence-electron chi connectivity index (χ0n) is 12.4. The second-order valence-corrected chi connectivity index (χ2v) is 6.20. The molecule has 0 spiro atoms. The van der Waals surface area contributed by atoms with Crippen molar-refractivity contribution in [3.8, 4) is 0 Å². The number of nitrogens with zero attached hydrogens (tertiary/aromatic N) is 1. The van der Waals surface area contributed by atoms with E-state index in [0.29, 0.717) is 24.1 Å². The number of halogens is 1. The largest absolute Gasteiger partial charge is 0.293 e. The predicted octanol–water partition coefficient (Wildman–Crippen LogP) is 3.91. The highest BCUT2D eigenvalue weighted by atomic mass is 19.1. The van der Waals surface area contributed by atoms with Crippen LogP contribution >= 0.6 is 0 Å². The van der Waals surface area contributed by atoms with Crippen LogP contribution in [0.3, 0.4) is 0 Å². The summed E-state index contributed by atoms with van der Waals surface area (Å²) in [6.45, 7) is 5.70. The van der Waals surface area contributed by atoms with E-state index >= 15 is 0 Å². The maximum absolute atomic E-state index is 13.2. The van der Waals surface area contributed by atoms with Crippen LogP contribution in [-0.4, -0.2) is 29.8 Å². The fraction of sp³-hybridized carbons (Fsp3) is 0.588. The molecule has 0 saturated heterocycles. The van der Waals surface area contributed by atoms with Gasteiger partial charge in [0.1, 0.15) is 5.82 Å². The van der Waals surface area contributed by atoms with Crippen molar-refractivity contribution in [1.82, 2.24) is 4.90 Å². The molecule has 0 unspecified atom stereocenters. The summed E-state index contributed by atoms with van der Waals surface area (Å²) >= 11 is 0. The van der Waals surface area contributed by atoms with Crippen molar-refractivity contribution in [1.29, 1.82) is 0 Å². The molecule has 110 valence electrons. The van der Waals surface area contributed by atoms with Gasteiger partial charge in [0.25, 0.3) is 0 Å². The highest BCUT2D eigenvalue weighted by Crippen LogP contribution is 2.24. The maximum Gasteiger partial charge on any atom is 0.176 e. The lowest BCUT2D eigenvalue weighted by atomic mass is 10.1. The molecular formula is C17H24FNO. The summed E-state index contributed by atoms with van der Waals surface area (Å²) in [7, 11) is 0. The molecule has 0 bridgehead atoms. The Morgan fingerprint density at radius 3 is 2.65 bits per heavy atom. The van der Waals surface area contributed by atoms with Gasteiger partial charge in [-0.25, -0.2) is 4.39 Å². The van der Waals surface area contributed by atoms with Gasteiger partial charge in [-0.3, -0.25) is 9.69 Å². The topological polar surface area (TPSA) is 20.3 Å². The molecule has 1 aliphatic carbocycles. The summed E-state index contributed by atoms with van der Waals surface area (Å²) in [6, 6.07) is 6.54. The van der Waals surface area contributed by atoms with Crippen LogP contribution in [0, 0.1) is 11.7 Å². The molecule has 0 amide bonds.